The van der Waals surface area contributed by atoms with E-state index in [0.717, 1.165) is 15.4 Å². The molecule has 9 nitrogen and oxygen atoms in total. The van der Waals surface area contributed by atoms with Crippen LogP contribution in [0.4, 0.5) is 17.1 Å². The molecule has 0 radical (unpaired) electrons. The van der Waals surface area contributed by atoms with Crippen molar-refractivity contribution < 1.29 is 26.4 Å². The van der Waals surface area contributed by atoms with E-state index in [-0.39, 0.29) is 15.5 Å². The first kappa shape index (κ1) is 30.9. The molecule has 0 aliphatic rings. The molecule has 0 fully saturated rings. The molecular formula is C30H30ClN3O6S2. The summed E-state index contributed by atoms with van der Waals surface area (Å²) in [7, 11) is -8.05. The number of rotatable bonds is 11. The molecule has 220 valence electrons. The quantitative estimate of drug-likeness (QED) is 0.211. The summed E-state index contributed by atoms with van der Waals surface area (Å²) in [6.07, 6.45) is 0. The van der Waals surface area contributed by atoms with Crippen molar-refractivity contribution in [1.82, 2.24) is 0 Å². The molecule has 0 unspecified atom stereocenters. The van der Waals surface area contributed by atoms with Crippen molar-refractivity contribution in [1.29, 1.82) is 0 Å². The maximum atomic E-state index is 13.6. The standard InChI is InChI=1S/C30H30ClN3O6S2/c1-4-40-26-14-12-25(13-15-26)34(42(38,39)28-16-8-23(31)9-17-28)20-29(35)32-24-10-18-27(19-11-24)41(36,37)33-30-21(2)6-5-7-22(30)3/h5-19,33H,4,20H2,1-3H3,(H,32,35). The minimum Gasteiger partial charge on any atom is -0.494 e. The zero-order chi connectivity index (χ0) is 30.5. The number of hydrogen-bond donors (Lipinski definition) is 2. The van der Waals surface area contributed by atoms with E-state index in [2.05, 4.69) is 10.0 Å². The third-order valence-corrected chi connectivity index (χ3v) is 9.70. The highest BCUT2D eigenvalue weighted by atomic mass is 35.5. The smallest absolute Gasteiger partial charge is 0.264 e. The van der Waals surface area contributed by atoms with E-state index in [1.807, 2.05) is 39.0 Å². The summed E-state index contributed by atoms with van der Waals surface area (Å²) in [6.45, 7) is 5.35. The molecule has 4 aromatic rings. The molecule has 0 heterocycles. The second kappa shape index (κ2) is 12.8. The van der Waals surface area contributed by atoms with Crippen LogP contribution < -0.4 is 19.1 Å². The highest BCUT2D eigenvalue weighted by Crippen LogP contribution is 2.28. The predicted molar refractivity (Wildman–Crippen MR) is 165 cm³/mol. The minimum atomic E-state index is -4.16. The number of halogens is 1. The van der Waals surface area contributed by atoms with Crippen molar-refractivity contribution in [2.75, 3.05) is 27.5 Å². The van der Waals surface area contributed by atoms with Gasteiger partial charge < -0.3 is 10.1 Å². The lowest BCUT2D eigenvalue weighted by Gasteiger charge is -2.24. The molecule has 2 N–H and O–H groups in total. The highest BCUT2D eigenvalue weighted by molar-refractivity contribution is 7.93. The van der Waals surface area contributed by atoms with Crippen molar-refractivity contribution in [2.24, 2.45) is 0 Å². The number of carbonyl (C=O) groups is 1. The molecule has 4 aromatic carbocycles. The molecule has 0 spiro atoms. The number of anilines is 3. The van der Waals surface area contributed by atoms with Gasteiger partial charge in [-0.05, 0) is 105 Å². The molecule has 0 bridgehead atoms. The van der Waals surface area contributed by atoms with Crippen LogP contribution in [0.25, 0.3) is 0 Å². The molecule has 0 aliphatic heterocycles. The summed E-state index contributed by atoms with van der Waals surface area (Å²) in [4.78, 5) is 13.1. The lowest BCUT2D eigenvalue weighted by atomic mass is 10.1. The van der Waals surface area contributed by atoms with Crippen molar-refractivity contribution in [2.45, 2.75) is 30.6 Å². The SMILES string of the molecule is CCOc1ccc(N(CC(=O)Nc2ccc(S(=O)(=O)Nc3c(C)cccc3C)cc2)S(=O)(=O)c2ccc(Cl)cc2)cc1. The van der Waals surface area contributed by atoms with E-state index in [0.29, 0.717) is 28.8 Å². The second-order valence-electron chi connectivity index (χ2n) is 9.34. The molecule has 4 rings (SSSR count). The number of amides is 1. The maximum Gasteiger partial charge on any atom is 0.264 e. The van der Waals surface area contributed by atoms with Gasteiger partial charge in [0.15, 0.2) is 0 Å². The number of nitrogens with zero attached hydrogens (tertiary/aromatic N) is 1. The van der Waals surface area contributed by atoms with Gasteiger partial charge in [0.2, 0.25) is 5.91 Å². The zero-order valence-electron chi connectivity index (χ0n) is 23.2. The van der Waals surface area contributed by atoms with Crippen molar-refractivity contribution in [3.63, 3.8) is 0 Å². The Hall–Kier alpha value is -4.06. The second-order valence-corrected chi connectivity index (χ2v) is 13.3. The number of carbonyl (C=O) groups excluding carboxylic acids is 1. The number of para-hydroxylation sites is 1. The van der Waals surface area contributed by atoms with Gasteiger partial charge in [0.05, 0.1) is 27.8 Å². The largest absolute Gasteiger partial charge is 0.494 e. The summed E-state index contributed by atoms with van der Waals surface area (Å²) in [6, 6.07) is 23.0. The lowest BCUT2D eigenvalue weighted by molar-refractivity contribution is -0.114. The fourth-order valence-corrected chi connectivity index (χ4v) is 6.89. The van der Waals surface area contributed by atoms with Crippen LogP contribution in [-0.2, 0) is 24.8 Å². The zero-order valence-corrected chi connectivity index (χ0v) is 25.6. The molecule has 42 heavy (non-hydrogen) atoms. The normalized spacial score (nSPS) is 11.5. The van der Waals surface area contributed by atoms with E-state index < -0.39 is 32.5 Å². The summed E-state index contributed by atoms with van der Waals surface area (Å²) >= 11 is 5.95. The third-order valence-electron chi connectivity index (χ3n) is 6.29. The molecule has 1 amide bonds. The fraction of sp³-hybridized carbons (Fsp3) is 0.167. The van der Waals surface area contributed by atoms with Gasteiger partial charge >= 0.3 is 0 Å². The molecule has 0 aliphatic carbocycles. The summed E-state index contributed by atoms with van der Waals surface area (Å²) < 4.78 is 62.2. The lowest BCUT2D eigenvalue weighted by Crippen LogP contribution is -2.38. The number of hydrogen-bond acceptors (Lipinski definition) is 6. The number of benzene rings is 4. The average molecular weight is 628 g/mol. The summed E-state index contributed by atoms with van der Waals surface area (Å²) in [5.41, 5.74) is 2.62. The van der Waals surface area contributed by atoms with E-state index in [9.17, 15) is 21.6 Å². The Balaban J connectivity index is 1.54. The molecule has 12 heteroatoms. The Morgan fingerprint density at radius 2 is 1.38 bits per heavy atom. The van der Waals surface area contributed by atoms with Crippen LogP contribution >= 0.6 is 11.6 Å². The van der Waals surface area contributed by atoms with Gasteiger partial charge in [-0.2, -0.15) is 0 Å². The van der Waals surface area contributed by atoms with Gasteiger partial charge in [0.25, 0.3) is 20.0 Å². The predicted octanol–water partition coefficient (Wildman–Crippen LogP) is 5.99. The van der Waals surface area contributed by atoms with E-state index in [1.165, 1.54) is 48.5 Å². The van der Waals surface area contributed by atoms with E-state index in [1.54, 1.807) is 24.3 Å². The monoisotopic (exact) mass is 627 g/mol. The third kappa shape index (κ3) is 7.22. The Morgan fingerprint density at radius 1 is 0.810 bits per heavy atom. The van der Waals surface area contributed by atoms with Gasteiger partial charge in [-0.25, -0.2) is 16.8 Å². The van der Waals surface area contributed by atoms with Gasteiger partial charge in [-0.15, -0.1) is 0 Å². The topological polar surface area (TPSA) is 122 Å². The first-order valence-corrected chi connectivity index (χ1v) is 16.2. The van der Waals surface area contributed by atoms with Gasteiger partial charge in [0, 0.05) is 10.7 Å². The Bertz CT molecular complexity index is 1760. The molecular weight excluding hydrogens is 598 g/mol. The van der Waals surface area contributed by atoms with Gasteiger partial charge in [0.1, 0.15) is 12.3 Å². The average Bonchev–Trinajstić information content (AvgIpc) is 2.95. The maximum absolute atomic E-state index is 13.6. The molecule has 0 aromatic heterocycles. The van der Waals surface area contributed by atoms with Gasteiger partial charge in [-0.3, -0.25) is 13.8 Å². The van der Waals surface area contributed by atoms with Crippen LogP contribution in [0.1, 0.15) is 18.1 Å². The minimum absolute atomic E-state index is 0.00415. The highest BCUT2D eigenvalue weighted by Gasteiger charge is 2.27. The van der Waals surface area contributed by atoms with Crippen molar-refractivity contribution in [3.8, 4) is 5.75 Å². The summed E-state index contributed by atoms with van der Waals surface area (Å²) in [5, 5.41) is 3.02. The first-order valence-electron chi connectivity index (χ1n) is 12.9. The molecule has 0 saturated heterocycles. The van der Waals surface area contributed by atoms with Crippen LogP contribution in [-0.4, -0.2) is 35.9 Å². The Kier molecular flexibility index (Phi) is 9.45. The van der Waals surface area contributed by atoms with Crippen molar-refractivity contribution >= 4 is 54.6 Å². The molecule has 0 atom stereocenters. The number of sulfonamides is 2. The number of ether oxygens (including phenoxy) is 1. The van der Waals surface area contributed by atoms with E-state index in [4.69, 9.17) is 16.3 Å². The van der Waals surface area contributed by atoms with Crippen molar-refractivity contribution in [3.05, 3.63) is 107 Å². The van der Waals surface area contributed by atoms with Crippen LogP contribution in [0.5, 0.6) is 5.75 Å². The van der Waals surface area contributed by atoms with Crippen LogP contribution in [0.2, 0.25) is 5.02 Å². The Labute approximate surface area is 251 Å². The first-order chi connectivity index (χ1) is 19.9. The van der Waals surface area contributed by atoms with E-state index >= 15 is 0 Å². The summed E-state index contributed by atoms with van der Waals surface area (Å²) in [5.74, 6) is -0.0812. The fourth-order valence-electron chi connectivity index (χ4n) is 4.14. The van der Waals surface area contributed by atoms with Gasteiger partial charge in [-0.1, -0.05) is 29.8 Å². The number of nitrogens with one attached hydrogen (secondary N) is 2. The number of aryl methyl sites for hydroxylation is 2. The van der Waals surface area contributed by atoms with Crippen LogP contribution in [0.15, 0.2) is 101 Å². The van der Waals surface area contributed by atoms with Crippen LogP contribution in [0, 0.1) is 13.8 Å². The molecule has 0 saturated carbocycles. The van der Waals surface area contributed by atoms with Crippen LogP contribution in [0.3, 0.4) is 0 Å². The Morgan fingerprint density at radius 3 is 1.95 bits per heavy atom.